The third-order valence-electron chi connectivity index (χ3n) is 2.59. The highest BCUT2D eigenvalue weighted by atomic mass is 16.5. The molecule has 1 rings (SSSR count). The maximum absolute atomic E-state index is 11.1. The zero-order valence-corrected chi connectivity index (χ0v) is 10.7. The van der Waals surface area contributed by atoms with E-state index in [-0.39, 0.29) is 11.7 Å². The van der Waals surface area contributed by atoms with Crippen molar-refractivity contribution in [2.75, 3.05) is 20.3 Å². The van der Waals surface area contributed by atoms with Crippen molar-refractivity contribution in [1.82, 2.24) is 0 Å². The number of ether oxygens (including phenoxy) is 2. The predicted molar refractivity (Wildman–Crippen MR) is 67.5 cm³/mol. The van der Waals surface area contributed by atoms with Gasteiger partial charge >= 0.3 is 0 Å². The van der Waals surface area contributed by atoms with Crippen LogP contribution in [0.3, 0.4) is 0 Å². The van der Waals surface area contributed by atoms with Crippen LogP contribution in [0, 0.1) is 0 Å². The quantitative estimate of drug-likeness (QED) is 0.683. The Kier molecular flexibility index (Phi) is 5.70. The van der Waals surface area contributed by atoms with Gasteiger partial charge in [-0.25, -0.2) is 0 Å². The summed E-state index contributed by atoms with van der Waals surface area (Å²) in [6.07, 6.45) is 0.546. The zero-order valence-electron chi connectivity index (χ0n) is 10.7. The van der Waals surface area contributed by atoms with Crippen molar-refractivity contribution in [1.29, 1.82) is 0 Å². The Morgan fingerprint density at radius 1 is 1.29 bits per heavy atom. The molecule has 94 valence electrons. The molecule has 1 unspecified atom stereocenters. The van der Waals surface area contributed by atoms with Gasteiger partial charge in [0, 0.05) is 13.5 Å². The smallest absolute Gasteiger partial charge is 0.130 e. The SMILES string of the molecule is COCCOc1ccccc1C(C)CC(C)=O. The summed E-state index contributed by atoms with van der Waals surface area (Å²) in [6.45, 7) is 4.75. The fourth-order valence-corrected chi connectivity index (χ4v) is 1.80. The van der Waals surface area contributed by atoms with E-state index in [1.54, 1.807) is 14.0 Å². The van der Waals surface area contributed by atoms with Crippen molar-refractivity contribution in [3.8, 4) is 5.75 Å². The van der Waals surface area contributed by atoms with Crippen LogP contribution >= 0.6 is 0 Å². The lowest BCUT2D eigenvalue weighted by atomic mass is 9.95. The molecule has 1 aromatic rings. The van der Waals surface area contributed by atoms with E-state index in [1.165, 1.54) is 0 Å². The zero-order chi connectivity index (χ0) is 12.7. The first kappa shape index (κ1) is 13.7. The molecule has 0 saturated heterocycles. The van der Waals surface area contributed by atoms with Gasteiger partial charge in [0.1, 0.15) is 18.1 Å². The van der Waals surface area contributed by atoms with E-state index in [0.29, 0.717) is 19.6 Å². The highest BCUT2D eigenvalue weighted by Crippen LogP contribution is 2.28. The van der Waals surface area contributed by atoms with Gasteiger partial charge in [-0.1, -0.05) is 25.1 Å². The molecule has 0 radical (unpaired) electrons. The number of hydrogen-bond acceptors (Lipinski definition) is 3. The van der Waals surface area contributed by atoms with Crippen molar-refractivity contribution in [2.45, 2.75) is 26.2 Å². The van der Waals surface area contributed by atoms with E-state index in [4.69, 9.17) is 9.47 Å². The lowest BCUT2D eigenvalue weighted by Crippen LogP contribution is -2.08. The van der Waals surface area contributed by atoms with E-state index < -0.39 is 0 Å². The number of benzene rings is 1. The molecule has 0 amide bonds. The van der Waals surface area contributed by atoms with Gasteiger partial charge in [0.05, 0.1) is 6.61 Å². The summed E-state index contributed by atoms with van der Waals surface area (Å²) in [4.78, 5) is 11.1. The fourth-order valence-electron chi connectivity index (χ4n) is 1.80. The van der Waals surface area contributed by atoms with Gasteiger partial charge in [-0.3, -0.25) is 0 Å². The molecule has 17 heavy (non-hydrogen) atoms. The van der Waals surface area contributed by atoms with Crippen molar-refractivity contribution < 1.29 is 14.3 Å². The van der Waals surface area contributed by atoms with E-state index in [1.807, 2.05) is 31.2 Å². The average molecular weight is 236 g/mol. The van der Waals surface area contributed by atoms with Crippen LogP contribution in [0.2, 0.25) is 0 Å². The maximum atomic E-state index is 11.1. The number of para-hydroxylation sites is 1. The number of Topliss-reactive ketones (excluding diaryl/α,β-unsaturated/α-hetero) is 1. The molecule has 1 atom stereocenters. The highest BCUT2D eigenvalue weighted by molar-refractivity contribution is 5.76. The van der Waals surface area contributed by atoms with Gasteiger partial charge in [-0.05, 0) is 24.5 Å². The Hall–Kier alpha value is -1.35. The molecular weight excluding hydrogens is 216 g/mol. The number of ketones is 1. The van der Waals surface area contributed by atoms with Crippen LogP contribution < -0.4 is 4.74 Å². The summed E-state index contributed by atoms with van der Waals surface area (Å²) in [5, 5.41) is 0. The van der Waals surface area contributed by atoms with Crippen molar-refractivity contribution in [2.24, 2.45) is 0 Å². The van der Waals surface area contributed by atoms with Crippen LogP contribution in [0.1, 0.15) is 31.7 Å². The number of carbonyl (C=O) groups is 1. The summed E-state index contributed by atoms with van der Waals surface area (Å²) in [6, 6.07) is 7.85. The molecule has 0 saturated carbocycles. The Balaban J connectivity index is 2.72. The van der Waals surface area contributed by atoms with Crippen LogP contribution in [0.5, 0.6) is 5.75 Å². The number of hydrogen-bond donors (Lipinski definition) is 0. The first-order chi connectivity index (χ1) is 8.15. The second kappa shape index (κ2) is 7.07. The fraction of sp³-hybridized carbons (Fsp3) is 0.500. The lowest BCUT2D eigenvalue weighted by Gasteiger charge is -2.15. The molecule has 3 nitrogen and oxygen atoms in total. The Bertz CT molecular complexity index is 360. The molecule has 0 bridgehead atoms. The normalized spacial score (nSPS) is 12.2. The number of carbonyl (C=O) groups excluding carboxylic acids is 1. The Labute approximate surface area is 103 Å². The van der Waals surface area contributed by atoms with Gasteiger partial charge in [0.2, 0.25) is 0 Å². The topological polar surface area (TPSA) is 35.5 Å². The van der Waals surface area contributed by atoms with E-state index in [9.17, 15) is 4.79 Å². The molecule has 0 aromatic heterocycles. The third kappa shape index (κ3) is 4.57. The van der Waals surface area contributed by atoms with E-state index in [2.05, 4.69) is 0 Å². The maximum Gasteiger partial charge on any atom is 0.130 e. The predicted octanol–water partition coefficient (Wildman–Crippen LogP) is 2.79. The van der Waals surface area contributed by atoms with E-state index in [0.717, 1.165) is 11.3 Å². The highest BCUT2D eigenvalue weighted by Gasteiger charge is 2.12. The molecule has 0 spiro atoms. The second-order valence-corrected chi connectivity index (χ2v) is 4.19. The Morgan fingerprint density at radius 3 is 2.65 bits per heavy atom. The van der Waals surface area contributed by atoms with Crippen LogP contribution in [0.25, 0.3) is 0 Å². The average Bonchev–Trinajstić information content (AvgIpc) is 2.29. The summed E-state index contributed by atoms with van der Waals surface area (Å²) in [5.74, 6) is 1.23. The van der Waals surface area contributed by atoms with Gasteiger partial charge in [0.25, 0.3) is 0 Å². The molecule has 1 aromatic carbocycles. The molecule has 0 heterocycles. The van der Waals surface area contributed by atoms with Crippen LogP contribution in [-0.4, -0.2) is 26.1 Å². The summed E-state index contributed by atoms with van der Waals surface area (Å²) in [7, 11) is 1.65. The van der Waals surface area contributed by atoms with E-state index >= 15 is 0 Å². The first-order valence-electron chi connectivity index (χ1n) is 5.85. The Morgan fingerprint density at radius 2 is 2.00 bits per heavy atom. The monoisotopic (exact) mass is 236 g/mol. The minimum absolute atomic E-state index is 0.186. The molecule has 0 aliphatic heterocycles. The van der Waals surface area contributed by atoms with Gasteiger partial charge < -0.3 is 14.3 Å². The van der Waals surface area contributed by atoms with Gasteiger partial charge in [0.15, 0.2) is 0 Å². The first-order valence-corrected chi connectivity index (χ1v) is 5.85. The standard InChI is InChI=1S/C14H20O3/c1-11(10-12(2)15)13-6-4-5-7-14(13)17-9-8-16-3/h4-7,11H,8-10H2,1-3H3. The molecule has 0 aliphatic rings. The van der Waals surface area contributed by atoms with Gasteiger partial charge in [-0.2, -0.15) is 0 Å². The van der Waals surface area contributed by atoms with Crippen molar-refractivity contribution in [3.63, 3.8) is 0 Å². The molecule has 0 fully saturated rings. The van der Waals surface area contributed by atoms with Crippen LogP contribution in [0.4, 0.5) is 0 Å². The molecule has 3 heteroatoms. The molecule has 0 N–H and O–H groups in total. The van der Waals surface area contributed by atoms with Crippen LogP contribution in [0.15, 0.2) is 24.3 Å². The molecular formula is C14H20O3. The number of rotatable bonds is 7. The number of methoxy groups -OCH3 is 1. The van der Waals surface area contributed by atoms with Crippen molar-refractivity contribution in [3.05, 3.63) is 29.8 Å². The largest absolute Gasteiger partial charge is 0.491 e. The summed E-state index contributed by atoms with van der Waals surface area (Å²) in [5.41, 5.74) is 1.08. The minimum Gasteiger partial charge on any atom is -0.491 e. The van der Waals surface area contributed by atoms with Crippen molar-refractivity contribution >= 4 is 5.78 Å². The van der Waals surface area contributed by atoms with Crippen LogP contribution in [-0.2, 0) is 9.53 Å². The summed E-state index contributed by atoms with van der Waals surface area (Å²) < 4.78 is 10.6. The minimum atomic E-state index is 0.186. The lowest BCUT2D eigenvalue weighted by molar-refractivity contribution is -0.117. The molecule has 0 aliphatic carbocycles. The second-order valence-electron chi connectivity index (χ2n) is 4.19. The van der Waals surface area contributed by atoms with Gasteiger partial charge in [-0.15, -0.1) is 0 Å². The summed E-state index contributed by atoms with van der Waals surface area (Å²) >= 11 is 0. The third-order valence-corrected chi connectivity index (χ3v) is 2.59.